The van der Waals surface area contributed by atoms with Gasteiger partial charge in [0.05, 0.1) is 4.90 Å². The molecule has 0 saturated carbocycles. The van der Waals surface area contributed by atoms with Crippen LogP contribution in [0, 0.1) is 5.92 Å². The quantitative estimate of drug-likeness (QED) is 0.758. The Hall–Kier alpha value is -1.41. The number of thiophene rings is 1. The fourth-order valence-electron chi connectivity index (χ4n) is 3.79. The summed E-state index contributed by atoms with van der Waals surface area (Å²) in [7, 11) is -3.53. The SMILES string of the molecule is O=C(C1CCN(S(=O)(=O)c2ccc(Cl)cc2)CC1)N1CCc2sccc2C1. The van der Waals surface area contributed by atoms with E-state index in [1.807, 2.05) is 4.90 Å². The minimum atomic E-state index is -3.53. The normalized spacial score (nSPS) is 19.1. The van der Waals surface area contributed by atoms with Crippen molar-refractivity contribution >= 4 is 38.9 Å². The van der Waals surface area contributed by atoms with E-state index >= 15 is 0 Å². The average molecular weight is 425 g/mol. The molecular weight excluding hydrogens is 404 g/mol. The molecule has 1 saturated heterocycles. The number of carbonyl (C=O) groups excluding carboxylic acids is 1. The van der Waals surface area contributed by atoms with Gasteiger partial charge in [-0.2, -0.15) is 4.31 Å². The van der Waals surface area contributed by atoms with Crippen molar-refractivity contribution in [1.82, 2.24) is 9.21 Å². The number of nitrogens with zero attached hydrogens (tertiary/aromatic N) is 2. The molecule has 0 atom stereocenters. The fourth-order valence-corrected chi connectivity index (χ4v) is 6.28. The van der Waals surface area contributed by atoms with Crippen LogP contribution >= 0.6 is 22.9 Å². The highest BCUT2D eigenvalue weighted by molar-refractivity contribution is 7.89. The van der Waals surface area contributed by atoms with Crippen molar-refractivity contribution in [1.29, 1.82) is 0 Å². The summed E-state index contributed by atoms with van der Waals surface area (Å²) in [5, 5.41) is 2.59. The highest BCUT2D eigenvalue weighted by atomic mass is 35.5. The molecule has 0 bridgehead atoms. The van der Waals surface area contributed by atoms with Gasteiger partial charge in [-0.15, -0.1) is 11.3 Å². The van der Waals surface area contributed by atoms with Crippen molar-refractivity contribution < 1.29 is 13.2 Å². The van der Waals surface area contributed by atoms with E-state index in [1.165, 1.54) is 26.9 Å². The molecule has 0 spiro atoms. The van der Waals surface area contributed by atoms with Crippen LogP contribution in [0.1, 0.15) is 23.3 Å². The van der Waals surface area contributed by atoms with E-state index in [0.717, 1.165) is 13.0 Å². The van der Waals surface area contributed by atoms with Gasteiger partial charge >= 0.3 is 0 Å². The maximum Gasteiger partial charge on any atom is 0.243 e. The molecular formula is C19H21ClN2O3S2. The van der Waals surface area contributed by atoms with Crippen molar-refractivity contribution in [3.8, 4) is 0 Å². The lowest BCUT2D eigenvalue weighted by Gasteiger charge is -2.35. The zero-order valence-electron chi connectivity index (χ0n) is 14.8. The molecule has 144 valence electrons. The van der Waals surface area contributed by atoms with Gasteiger partial charge < -0.3 is 4.90 Å². The number of piperidine rings is 1. The molecule has 27 heavy (non-hydrogen) atoms. The average Bonchev–Trinajstić information content (AvgIpc) is 3.15. The van der Waals surface area contributed by atoms with Crippen LogP contribution in [-0.2, 0) is 27.8 Å². The summed E-state index contributed by atoms with van der Waals surface area (Å²) in [5.41, 5.74) is 1.25. The number of fused-ring (bicyclic) bond motifs is 1. The topological polar surface area (TPSA) is 57.7 Å². The second kappa shape index (κ2) is 7.54. The van der Waals surface area contributed by atoms with E-state index in [4.69, 9.17) is 11.6 Å². The van der Waals surface area contributed by atoms with Crippen LogP contribution in [0.3, 0.4) is 0 Å². The minimum Gasteiger partial charge on any atom is -0.338 e. The first-order chi connectivity index (χ1) is 12.9. The van der Waals surface area contributed by atoms with Crippen molar-refractivity contribution in [3.63, 3.8) is 0 Å². The van der Waals surface area contributed by atoms with Gasteiger partial charge in [-0.25, -0.2) is 8.42 Å². The highest BCUT2D eigenvalue weighted by Gasteiger charge is 2.34. The number of benzene rings is 1. The smallest absolute Gasteiger partial charge is 0.243 e. The Bertz CT molecular complexity index is 932. The third-order valence-electron chi connectivity index (χ3n) is 5.37. The summed E-state index contributed by atoms with van der Waals surface area (Å²) in [4.78, 5) is 16.5. The van der Waals surface area contributed by atoms with Crippen LogP contribution in [0.2, 0.25) is 5.02 Å². The Kier molecular flexibility index (Phi) is 5.29. The molecule has 3 heterocycles. The van der Waals surface area contributed by atoms with E-state index in [-0.39, 0.29) is 16.7 Å². The Morgan fingerprint density at radius 1 is 1.07 bits per heavy atom. The Morgan fingerprint density at radius 3 is 2.48 bits per heavy atom. The Labute approximate surface area is 168 Å². The van der Waals surface area contributed by atoms with Crippen LogP contribution in [0.15, 0.2) is 40.6 Å². The number of carbonyl (C=O) groups is 1. The van der Waals surface area contributed by atoms with E-state index in [1.54, 1.807) is 23.5 Å². The molecule has 0 unspecified atom stereocenters. The van der Waals surface area contributed by atoms with Gasteiger partial charge in [-0.3, -0.25) is 4.79 Å². The molecule has 1 aromatic heterocycles. The molecule has 1 fully saturated rings. The zero-order valence-corrected chi connectivity index (χ0v) is 17.2. The Balaban J connectivity index is 1.39. The molecule has 2 aliphatic heterocycles. The van der Waals surface area contributed by atoms with Crippen molar-refractivity contribution in [3.05, 3.63) is 51.2 Å². The maximum absolute atomic E-state index is 12.9. The summed E-state index contributed by atoms with van der Waals surface area (Å²) < 4.78 is 27.0. The first-order valence-corrected chi connectivity index (χ1v) is 11.7. The van der Waals surface area contributed by atoms with Gasteiger partial charge in [0, 0.05) is 42.0 Å². The zero-order chi connectivity index (χ0) is 19.0. The van der Waals surface area contributed by atoms with E-state index in [2.05, 4.69) is 11.4 Å². The number of amides is 1. The van der Waals surface area contributed by atoms with Gasteiger partial charge in [-0.1, -0.05) is 11.6 Å². The van der Waals surface area contributed by atoms with Gasteiger partial charge in [0.15, 0.2) is 0 Å². The lowest BCUT2D eigenvalue weighted by molar-refractivity contribution is -0.137. The second-order valence-corrected chi connectivity index (χ2v) is 10.4. The van der Waals surface area contributed by atoms with Crippen molar-refractivity contribution in [2.24, 2.45) is 5.92 Å². The van der Waals surface area contributed by atoms with Crippen LogP contribution in [0.4, 0.5) is 0 Å². The molecule has 4 rings (SSSR count). The molecule has 2 aromatic rings. The maximum atomic E-state index is 12.9. The number of sulfonamides is 1. The lowest BCUT2D eigenvalue weighted by atomic mass is 9.95. The summed E-state index contributed by atoms with van der Waals surface area (Å²) in [6.45, 7) is 2.19. The number of halogens is 1. The second-order valence-electron chi connectivity index (χ2n) is 7.01. The van der Waals surface area contributed by atoms with Crippen molar-refractivity contribution in [2.45, 2.75) is 30.7 Å². The standard InChI is InChI=1S/C19H21ClN2O3S2/c20-16-1-3-17(4-2-16)27(24,25)22-10-5-14(6-11-22)19(23)21-9-7-18-15(13-21)8-12-26-18/h1-4,8,12,14H,5-7,9-11,13H2. The fraction of sp³-hybridized carbons (Fsp3) is 0.421. The molecule has 0 aliphatic carbocycles. The third kappa shape index (κ3) is 3.78. The molecule has 0 radical (unpaired) electrons. The van der Waals surface area contributed by atoms with E-state index < -0.39 is 10.0 Å². The van der Waals surface area contributed by atoms with Crippen LogP contribution in [0.5, 0.6) is 0 Å². The summed E-state index contributed by atoms with van der Waals surface area (Å²) in [6, 6.07) is 8.32. The van der Waals surface area contributed by atoms with Crippen LogP contribution in [0.25, 0.3) is 0 Å². The highest BCUT2D eigenvalue weighted by Crippen LogP contribution is 2.29. The monoisotopic (exact) mass is 424 g/mol. The first kappa shape index (κ1) is 18.9. The number of hydrogen-bond acceptors (Lipinski definition) is 4. The number of hydrogen-bond donors (Lipinski definition) is 0. The van der Waals surface area contributed by atoms with Gasteiger partial charge in [0.1, 0.15) is 0 Å². The predicted octanol–water partition coefficient (Wildman–Crippen LogP) is 3.39. The summed E-state index contributed by atoms with van der Waals surface area (Å²) in [5.74, 6) is 0.0669. The van der Waals surface area contributed by atoms with E-state index in [9.17, 15) is 13.2 Å². The van der Waals surface area contributed by atoms with E-state index in [0.29, 0.717) is 37.5 Å². The predicted molar refractivity (Wildman–Crippen MR) is 106 cm³/mol. The molecule has 2 aliphatic rings. The largest absolute Gasteiger partial charge is 0.338 e. The van der Waals surface area contributed by atoms with Crippen LogP contribution in [-0.4, -0.2) is 43.2 Å². The molecule has 1 amide bonds. The summed E-state index contributed by atoms with van der Waals surface area (Å²) in [6.07, 6.45) is 2.06. The first-order valence-electron chi connectivity index (χ1n) is 9.05. The molecule has 8 heteroatoms. The van der Waals surface area contributed by atoms with Gasteiger partial charge in [-0.05, 0) is 60.5 Å². The summed E-state index contributed by atoms with van der Waals surface area (Å²) >= 11 is 7.61. The Morgan fingerprint density at radius 2 is 1.78 bits per heavy atom. The molecule has 0 N–H and O–H groups in total. The van der Waals surface area contributed by atoms with Gasteiger partial charge in [0.2, 0.25) is 15.9 Å². The van der Waals surface area contributed by atoms with Gasteiger partial charge in [0.25, 0.3) is 0 Å². The third-order valence-corrected chi connectivity index (χ3v) is 8.56. The molecule has 5 nitrogen and oxygen atoms in total. The van der Waals surface area contributed by atoms with Crippen molar-refractivity contribution in [2.75, 3.05) is 19.6 Å². The molecule has 1 aromatic carbocycles. The number of rotatable bonds is 3. The minimum absolute atomic E-state index is 0.0955. The lowest BCUT2D eigenvalue weighted by Crippen LogP contribution is -2.45. The van der Waals surface area contributed by atoms with Crippen LogP contribution < -0.4 is 0 Å².